The second-order valence-electron chi connectivity index (χ2n) is 5.24. The Morgan fingerprint density at radius 1 is 0.762 bits per heavy atom. The van der Waals surface area contributed by atoms with Gasteiger partial charge < -0.3 is 0 Å². The molecule has 2 heterocycles. The van der Waals surface area contributed by atoms with Crippen molar-refractivity contribution in [1.82, 2.24) is 4.98 Å². The van der Waals surface area contributed by atoms with Gasteiger partial charge in [0.05, 0.1) is 5.39 Å². The van der Waals surface area contributed by atoms with Crippen LogP contribution in [0.2, 0.25) is 0 Å². The van der Waals surface area contributed by atoms with Crippen LogP contribution in [-0.4, -0.2) is 4.98 Å². The van der Waals surface area contributed by atoms with Gasteiger partial charge in [0.2, 0.25) is 5.69 Å². The highest BCUT2D eigenvalue weighted by molar-refractivity contribution is 6.00. The van der Waals surface area contributed by atoms with Gasteiger partial charge in [-0.1, -0.05) is 42.5 Å². The molecule has 2 heteroatoms. The maximum atomic E-state index is 4.67. The molecule has 0 radical (unpaired) electrons. The van der Waals surface area contributed by atoms with Crippen LogP contribution in [0.5, 0.6) is 0 Å². The fraction of sp³-hybridized carbons (Fsp3) is 0.0526. The second kappa shape index (κ2) is 4.67. The van der Waals surface area contributed by atoms with Crippen LogP contribution in [0.25, 0.3) is 32.9 Å². The molecule has 2 aromatic carbocycles. The Morgan fingerprint density at radius 2 is 1.43 bits per heavy atom. The maximum Gasteiger partial charge on any atom is 0.239 e. The summed E-state index contributed by atoms with van der Waals surface area (Å²) >= 11 is 0. The fourth-order valence-corrected chi connectivity index (χ4v) is 2.92. The van der Waals surface area contributed by atoms with Crippen LogP contribution in [0.1, 0.15) is 0 Å². The van der Waals surface area contributed by atoms with Gasteiger partial charge in [-0.3, -0.25) is 0 Å². The first-order chi connectivity index (χ1) is 10.3. The molecule has 2 aromatic heterocycles. The first-order valence-corrected chi connectivity index (χ1v) is 7.06. The van der Waals surface area contributed by atoms with Crippen LogP contribution in [0.3, 0.4) is 0 Å². The van der Waals surface area contributed by atoms with E-state index in [1.54, 1.807) is 0 Å². The van der Waals surface area contributed by atoms with Crippen molar-refractivity contribution in [3.8, 4) is 11.4 Å². The van der Waals surface area contributed by atoms with Crippen molar-refractivity contribution in [2.45, 2.75) is 0 Å². The van der Waals surface area contributed by atoms with Gasteiger partial charge in [0.1, 0.15) is 12.7 Å². The van der Waals surface area contributed by atoms with E-state index in [4.69, 9.17) is 0 Å². The number of pyridine rings is 2. The Hall–Kier alpha value is -2.74. The molecule has 0 aliphatic heterocycles. The number of fused-ring (bicyclic) bond motifs is 2. The number of hydrogen-bond acceptors (Lipinski definition) is 1. The lowest BCUT2D eigenvalue weighted by Crippen LogP contribution is -2.30. The molecule has 0 amide bonds. The van der Waals surface area contributed by atoms with E-state index in [-0.39, 0.29) is 0 Å². The van der Waals surface area contributed by atoms with E-state index in [0.29, 0.717) is 0 Å². The molecule has 0 spiro atoms. The number of nitrogens with zero attached hydrogens (tertiary/aromatic N) is 2. The first-order valence-electron chi connectivity index (χ1n) is 7.06. The third-order valence-corrected chi connectivity index (χ3v) is 3.94. The molecule has 21 heavy (non-hydrogen) atoms. The van der Waals surface area contributed by atoms with Crippen LogP contribution < -0.4 is 4.57 Å². The lowest BCUT2D eigenvalue weighted by molar-refractivity contribution is -0.659. The average Bonchev–Trinajstić information content (AvgIpc) is 2.54. The van der Waals surface area contributed by atoms with Gasteiger partial charge in [-0.15, -0.1) is 0 Å². The van der Waals surface area contributed by atoms with E-state index >= 15 is 0 Å². The molecule has 4 rings (SSSR count). The van der Waals surface area contributed by atoms with Gasteiger partial charge >= 0.3 is 0 Å². The zero-order valence-corrected chi connectivity index (χ0v) is 11.8. The summed E-state index contributed by atoms with van der Waals surface area (Å²) in [5.41, 5.74) is 2.19. The minimum atomic E-state index is 1.03. The number of aryl methyl sites for hydroxylation is 1. The van der Waals surface area contributed by atoms with Crippen LogP contribution in [0.15, 0.2) is 73.1 Å². The lowest BCUT2D eigenvalue weighted by atomic mass is 10.0. The molecule has 0 fully saturated rings. The Labute approximate surface area is 123 Å². The third kappa shape index (κ3) is 1.88. The number of rotatable bonds is 1. The molecule has 100 valence electrons. The summed E-state index contributed by atoms with van der Waals surface area (Å²) in [5, 5.41) is 4.87. The van der Waals surface area contributed by atoms with Gasteiger partial charge in [0.15, 0.2) is 6.20 Å². The van der Waals surface area contributed by atoms with Crippen LogP contribution in [-0.2, 0) is 7.05 Å². The number of hydrogen-bond donors (Lipinski definition) is 0. The van der Waals surface area contributed by atoms with Crippen LogP contribution >= 0.6 is 0 Å². The van der Waals surface area contributed by atoms with E-state index in [1.165, 1.54) is 21.5 Å². The van der Waals surface area contributed by atoms with Crippen LogP contribution in [0, 0.1) is 0 Å². The molecule has 0 aliphatic rings. The summed E-state index contributed by atoms with van der Waals surface area (Å²) in [6, 6.07) is 21.1. The highest BCUT2D eigenvalue weighted by atomic mass is 14.9. The highest BCUT2D eigenvalue weighted by Crippen LogP contribution is 2.29. The van der Waals surface area contributed by atoms with E-state index in [0.717, 1.165) is 11.4 Å². The van der Waals surface area contributed by atoms with E-state index in [9.17, 15) is 0 Å². The van der Waals surface area contributed by atoms with Crippen molar-refractivity contribution in [2.24, 2.45) is 7.05 Å². The van der Waals surface area contributed by atoms with Gasteiger partial charge in [-0.05, 0) is 22.9 Å². The molecule has 0 saturated carbocycles. The van der Waals surface area contributed by atoms with Crippen molar-refractivity contribution >= 4 is 21.5 Å². The fourth-order valence-electron chi connectivity index (χ4n) is 2.92. The lowest BCUT2D eigenvalue weighted by Gasteiger charge is -2.07. The minimum Gasteiger partial charge on any atom is -0.249 e. The second-order valence-corrected chi connectivity index (χ2v) is 5.24. The van der Waals surface area contributed by atoms with E-state index in [1.807, 2.05) is 6.20 Å². The van der Waals surface area contributed by atoms with E-state index < -0.39 is 0 Å². The van der Waals surface area contributed by atoms with Gasteiger partial charge in [0, 0.05) is 17.6 Å². The molecule has 0 saturated heterocycles. The first kappa shape index (κ1) is 12.0. The summed E-state index contributed by atoms with van der Waals surface area (Å²) in [4.78, 5) is 4.67. The van der Waals surface area contributed by atoms with Crippen LogP contribution in [0.4, 0.5) is 0 Å². The topological polar surface area (TPSA) is 16.8 Å². The molecule has 0 unspecified atom stereocenters. The zero-order valence-electron chi connectivity index (χ0n) is 11.8. The largest absolute Gasteiger partial charge is 0.249 e. The highest BCUT2D eigenvalue weighted by Gasteiger charge is 2.18. The molecule has 0 bridgehead atoms. The quantitative estimate of drug-likeness (QED) is 0.480. The normalized spacial score (nSPS) is 11.1. The number of aromatic nitrogens is 2. The molecule has 0 N–H and O–H groups in total. The Bertz CT molecular complexity index is 952. The molecular formula is C19H15N2+. The van der Waals surface area contributed by atoms with Crippen molar-refractivity contribution in [2.75, 3.05) is 0 Å². The summed E-state index contributed by atoms with van der Waals surface area (Å²) in [6.07, 6.45) is 3.99. The zero-order chi connectivity index (χ0) is 14.2. The predicted octanol–water partition coefficient (Wildman–Crippen LogP) is 3.88. The average molecular weight is 271 g/mol. The monoisotopic (exact) mass is 271 g/mol. The minimum absolute atomic E-state index is 1.03. The van der Waals surface area contributed by atoms with Gasteiger partial charge in [-0.2, -0.15) is 4.57 Å². The molecule has 2 nitrogen and oxygen atoms in total. The summed E-state index contributed by atoms with van der Waals surface area (Å²) in [5.74, 6) is 0. The Morgan fingerprint density at radius 3 is 2.24 bits per heavy atom. The van der Waals surface area contributed by atoms with E-state index in [2.05, 4.69) is 83.5 Å². The standard InChI is InChI=1S/C19H15N2/c1-21-13-11-15-7-3-5-9-17(15)19(21)18-16-8-4-2-6-14(16)10-12-20-18/h2-13H,1H3/q+1. The molecular weight excluding hydrogens is 256 g/mol. The summed E-state index contributed by atoms with van der Waals surface area (Å²) < 4.78 is 2.15. The summed E-state index contributed by atoms with van der Waals surface area (Å²) in [6.45, 7) is 0. The number of benzene rings is 2. The van der Waals surface area contributed by atoms with Gasteiger partial charge in [0.25, 0.3) is 0 Å². The Kier molecular flexibility index (Phi) is 2.68. The third-order valence-electron chi connectivity index (χ3n) is 3.94. The molecule has 0 atom stereocenters. The Balaban J connectivity index is 2.16. The maximum absolute atomic E-state index is 4.67. The SMILES string of the molecule is C[n+]1ccc2ccccc2c1-c1nccc2ccccc12. The predicted molar refractivity (Wildman–Crippen MR) is 85.9 cm³/mol. The molecule has 4 aromatic rings. The van der Waals surface area contributed by atoms with Crippen molar-refractivity contribution in [3.63, 3.8) is 0 Å². The van der Waals surface area contributed by atoms with Gasteiger partial charge in [-0.25, -0.2) is 4.98 Å². The molecule has 0 aliphatic carbocycles. The van der Waals surface area contributed by atoms with Crippen molar-refractivity contribution < 1.29 is 4.57 Å². The smallest absolute Gasteiger partial charge is 0.239 e. The summed E-state index contributed by atoms with van der Waals surface area (Å²) in [7, 11) is 2.07. The van der Waals surface area contributed by atoms with Crippen molar-refractivity contribution in [3.05, 3.63) is 73.1 Å². The van der Waals surface area contributed by atoms with Crippen molar-refractivity contribution in [1.29, 1.82) is 0 Å².